The normalized spacial score (nSPS) is 14.4. The molecule has 14 heteroatoms. The molecule has 268 valence electrons. The van der Waals surface area contributed by atoms with Gasteiger partial charge in [-0.1, -0.05) is 76.9 Å². The maximum absolute atomic E-state index is 12.0. The van der Waals surface area contributed by atoms with Gasteiger partial charge in [0.1, 0.15) is 3.53 Å². The number of thiol groups is 1. The van der Waals surface area contributed by atoms with Crippen molar-refractivity contribution < 1.29 is 28.7 Å². The number of rotatable bonds is 24. The van der Waals surface area contributed by atoms with E-state index in [1.54, 1.807) is 25.6 Å². The molecule has 0 spiro atoms. The molecule has 0 aromatic rings. The average Bonchev–Trinajstić information content (AvgIpc) is 3.05. The fourth-order valence-corrected chi connectivity index (χ4v) is 7.84. The minimum atomic E-state index is -1.02. The van der Waals surface area contributed by atoms with E-state index in [1.165, 1.54) is 83.8 Å². The van der Waals surface area contributed by atoms with Gasteiger partial charge < -0.3 is 20.9 Å². The number of thiocarbonyl (C=S) groups is 1. The Morgan fingerprint density at radius 2 is 1.17 bits per heavy atom. The summed E-state index contributed by atoms with van der Waals surface area (Å²) in [6, 6.07) is 4.21. The van der Waals surface area contributed by atoms with Crippen LogP contribution in [0.1, 0.15) is 111 Å². The molecular formula is C33H56N4O6S4. The number of primary amides is 2. The lowest BCUT2D eigenvalue weighted by Crippen LogP contribution is -2.39. The number of amides is 2. The Hall–Kier alpha value is -2.00. The Balaban J connectivity index is 0. The van der Waals surface area contributed by atoms with Gasteiger partial charge in [0, 0.05) is 24.3 Å². The van der Waals surface area contributed by atoms with Crippen molar-refractivity contribution in [3.63, 3.8) is 0 Å². The number of carbonyl (C=O) groups is 4. The van der Waals surface area contributed by atoms with Crippen molar-refractivity contribution in [2.24, 2.45) is 34.1 Å². The van der Waals surface area contributed by atoms with Gasteiger partial charge in [0.2, 0.25) is 11.8 Å². The second-order valence-corrected chi connectivity index (χ2v) is 15.6. The minimum Gasteiger partial charge on any atom is -0.469 e. The number of nitriles is 2. The summed E-state index contributed by atoms with van der Waals surface area (Å²) in [5.74, 6) is -1.78. The van der Waals surface area contributed by atoms with Crippen LogP contribution in [0.25, 0.3) is 0 Å². The number of nitrogens with zero attached hydrogens (tertiary/aromatic N) is 2. The summed E-state index contributed by atoms with van der Waals surface area (Å²) < 4.78 is 9.89. The molecule has 0 bridgehead atoms. The SMILES string of the molecule is CCCCCCCCCCCCSC(=S)SCC(C(N)=O)C(C)(C#N)CCC(=O)OC.COC(=O)CCC(C)(C#N)C(CS)C(N)=O. The Kier molecular flexibility index (Phi) is 28.0. The van der Waals surface area contributed by atoms with Gasteiger partial charge in [-0.05, 0) is 38.9 Å². The highest BCUT2D eigenvalue weighted by Gasteiger charge is 2.39. The van der Waals surface area contributed by atoms with Crippen molar-refractivity contribution in [1.82, 2.24) is 0 Å². The van der Waals surface area contributed by atoms with Crippen molar-refractivity contribution in [2.75, 3.05) is 31.5 Å². The quantitative estimate of drug-likeness (QED) is 0.0413. The van der Waals surface area contributed by atoms with Crippen LogP contribution in [0.4, 0.5) is 0 Å². The van der Waals surface area contributed by atoms with Gasteiger partial charge in [0.25, 0.3) is 0 Å². The van der Waals surface area contributed by atoms with Crippen molar-refractivity contribution >= 4 is 75.7 Å². The standard InChI is InChI=1S/C23H40N2O3S3.C10H16N2O3S/c1-4-5-6-7-8-9-10-11-12-13-16-30-22(29)31-17-19(21(25)27)23(2,18-24)15-14-20(26)28-3;1-10(6-11,4-3-8(13)15-2)7(5-16)9(12)14/h19H,4-17H2,1-3H3,(H2,25,27);7,16H,3-5H2,1-2H3,(H2,12,14). The van der Waals surface area contributed by atoms with Crippen molar-refractivity contribution in [2.45, 2.75) is 111 Å². The highest BCUT2D eigenvalue weighted by Crippen LogP contribution is 2.36. The average molecular weight is 733 g/mol. The van der Waals surface area contributed by atoms with E-state index in [0.717, 1.165) is 15.7 Å². The molecule has 0 aromatic carbocycles. The number of nitrogens with two attached hydrogens (primary N) is 2. The number of esters is 2. The zero-order valence-corrected chi connectivity index (χ0v) is 32.2. The lowest BCUT2D eigenvalue weighted by atomic mass is 9.75. The van der Waals surface area contributed by atoms with E-state index in [-0.39, 0.29) is 31.4 Å². The minimum absolute atomic E-state index is 0.0763. The van der Waals surface area contributed by atoms with Crippen LogP contribution in [0.2, 0.25) is 0 Å². The summed E-state index contributed by atoms with van der Waals surface area (Å²) in [4.78, 5) is 45.6. The van der Waals surface area contributed by atoms with Crippen LogP contribution in [0, 0.1) is 45.3 Å². The lowest BCUT2D eigenvalue weighted by Gasteiger charge is -2.28. The molecular weight excluding hydrogens is 677 g/mol. The van der Waals surface area contributed by atoms with Crippen LogP contribution in [0.15, 0.2) is 0 Å². The van der Waals surface area contributed by atoms with E-state index in [0.29, 0.717) is 5.75 Å². The fraction of sp³-hybridized carbons (Fsp3) is 0.788. The topological polar surface area (TPSA) is 186 Å². The molecule has 47 heavy (non-hydrogen) atoms. The van der Waals surface area contributed by atoms with Crippen LogP contribution in [0.5, 0.6) is 0 Å². The lowest BCUT2D eigenvalue weighted by molar-refractivity contribution is -0.142. The molecule has 10 nitrogen and oxygen atoms in total. The van der Waals surface area contributed by atoms with Crippen LogP contribution in [0.3, 0.4) is 0 Å². The summed E-state index contributed by atoms with van der Waals surface area (Å²) in [5.41, 5.74) is 8.75. The van der Waals surface area contributed by atoms with Gasteiger partial charge in [-0.3, -0.25) is 19.2 Å². The predicted octanol–water partition coefficient (Wildman–Crippen LogP) is 6.74. The summed E-state index contributed by atoms with van der Waals surface area (Å²) >= 11 is 12.5. The molecule has 0 fully saturated rings. The summed E-state index contributed by atoms with van der Waals surface area (Å²) in [5, 5.41) is 18.7. The molecule has 0 rings (SSSR count). The summed E-state index contributed by atoms with van der Waals surface area (Å²) in [6.45, 7) is 5.52. The number of hydrogen-bond donors (Lipinski definition) is 3. The number of hydrogen-bond acceptors (Lipinski definition) is 12. The summed E-state index contributed by atoms with van der Waals surface area (Å²) in [7, 11) is 2.58. The second kappa shape index (κ2) is 27.9. The monoisotopic (exact) mass is 732 g/mol. The third-order valence-corrected chi connectivity index (χ3v) is 11.4. The zero-order valence-electron chi connectivity index (χ0n) is 28.8. The first kappa shape index (κ1) is 47.1. The molecule has 0 aliphatic rings. The van der Waals surface area contributed by atoms with Gasteiger partial charge in [-0.25, -0.2) is 0 Å². The molecule has 0 aromatic heterocycles. The first-order valence-corrected chi connectivity index (χ1v) is 19.2. The second-order valence-electron chi connectivity index (χ2n) is 11.9. The molecule has 0 aliphatic carbocycles. The first-order chi connectivity index (χ1) is 22.2. The zero-order chi connectivity index (χ0) is 36.3. The van der Waals surface area contributed by atoms with Gasteiger partial charge in [0.05, 0.1) is 49.0 Å². The Morgan fingerprint density at radius 3 is 1.53 bits per heavy atom. The highest BCUT2D eigenvalue weighted by molar-refractivity contribution is 8.47. The smallest absolute Gasteiger partial charge is 0.305 e. The molecule has 2 amide bonds. The third-order valence-electron chi connectivity index (χ3n) is 8.16. The Bertz CT molecular complexity index is 1050. The predicted molar refractivity (Wildman–Crippen MR) is 199 cm³/mol. The van der Waals surface area contributed by atoms with E-state index in [2.05, 4.69) is 35.1 Å². The van der Waals surface area contributed by atoms with Crippen LogP contribution >= 0.6 is 48.4 Å². The molecule has 4 unspecified atom stereocenters. The first-order valence-electron chi connectivity index (χ1n) is 16.2. The molecule has 0 saturated heterocycles. The van der Waals surface area contributed by atoms with Gasteiger partial charge in [-0.15, -0.1) is 23.5 Å². The largest absolute Gasteiger partial charge is 0.469 e. The third kappa shape index (κ3) is 21.6. The Morgan fingerprint density at radius 1 is 0.766 bits per heavy atom. The number of methoxy groups -OCH3 is 2. The maximum Gasteiger partial charge on any atom is 0.305 e. The number of ether oxygens (including phenoxy) is 2. The van der Waals surface area contributed by atoms with E-state index in [1.807, 2.05) is 6.07 Å². The van der Waals surface area contributed by atoms with Gasteiger partial charge in [-0.2, -0.15) is 23.2 Å². The molecule has 4 N–H and O–H groups in total. The van der Waals surface area contributed by atoms with Crippen molar-refractivity contribution in [3.8, 4) is 12.1 Å². The van der Waals surface area contributed by atoms with Gasteiger partial charge in [0.15, 0.2) is 0 Å². The molecule has 0 radical (unpaired) electrons. The number of thioether (sulfide) groups is 2. The van der Waals surface area contributed by atoms with Crippen molar-refractivity contribution in [1.29, 1.82) is 10.5 Å². The summed E-state index contributed by atoms with van der Waals surface area (Å²) in [6.07, 6.45) is 13.7. The molecule has 0 aliphatic heterocycles. The van der Waals surface area contributed by atoms with E-state index in [4.69, 9.17) is 28.9 Å². The number of carbonyl (C=O) groups excluding carboxylic acids is 4. The van der Waals surface area contributed by atoms with Crippen molar-refractivity contribution in [3.05, 3.63) is 0 Å². The maximum atomic E-state index is 12.0. The molecule has 4 atom stereocenters. The number of unbranched alkanes of at least 4 members (excludes halogenated alkanes) is 9. The van der Waals surface area contributed by atoms with E-state index < -0.39 is 46.4 Å². The molecule has 0 saturated carbocycles. The van der Waals surface area contributed by atoms with Gasteiger partial charge >= 0.3 is 11.9 Å². The molecule has 0 heterocycles. The van der Waals surface area contributed by atoms with Crippen LogP contribution in [-0.2, 0) is 28.7 Å². The fourth-order valence-electron chi connectivity index (χ4n) is 4.67. The van der Waals surface area contributed by atoms with Crippen LogP contribution in [-0.4, -0.2) is 58.8 Å². The Labute approximate surface area is 302 Å². The van der Waals surface area contributed by atoms with Crippen LogP contribution < -0.4 is 11.5 Å². The van der Waals surface area contributed by atoms with E-state index >= 15 is 0 Å². The highest BCUT2D eigenvalue weighted by atomic mass is 32.2. The van der Waals surface area contributed by atoms with E-state index in [9.17, 15) is 24.4 Å².